The fraction of sp³-hybridized carbons (Fsp3) is 0.800. The van der Waals surface area contributed by atoms with Crippen LogP contribution in [0.4, 0.5) is 0 Å². The first-order chi connectivity index (χ1) is 4.34. The Kier molecular flexibility index (Phi) is 2.02. The van der Waals surface area contributed by atoms with Crippen LogP contribution in [0.1, 0.15) is 6.42 Å². The summed E-state index contributed by atoms with van der Waals surface area (Å²) in [5.74, 6) is 6.27. The number of rotatable bonds is 2. The molecule has 52 valence electrons. The number of amidine groups is 1. The SMILES string of the molecule is NN1CCN=C1CCO. The van der Waals surface area contributed by atoms with Crippen molar-refractivity contribution in [2.75, 3.05) is 19.7 Å². The van der Waals surface area contributed by atoms with Crippen LogP contribution in [-0.2, 0) is 0 Å². The van der Waals surface area contributed by atoms with Gasteiger partial charge in [-0.15, -0.1) is 0 Å². The van der Waals surface area contributed by atoms with Gasteiger partial charge >= 0.3 is 0 Å². The molecule has 0 saturated carbocycles. The summed E-state index contributed by atoms with van der Waals surface area (Å²) in [6.07, 6.45) is 0.580. The third-order valence-corrected chi connectivity index (χ3v) is 1.30. The molecule has 0 atom stereocenters. The molecule has 1 rings (SSSR count). The Morgan fingerprint density at radius 3 is 3.00 bits per heavy atom. The standard InChI is InChI=1S/C5H11N3O/c6-8-3-2-7-5(8)1-4-9/h9H,1-4,6H2. The average molecular weight is 129 g/mol. The molecule has 4 heteroatoms. The molecule has 1 aliphatic rings. The summed E-state index contributed by atoms with van der Waals surface area (Å²) in [4.78, 5) is 4.06. The van der Waals surface area contributed by atoms with E-state index in [0.29, 0.717) is 6.42 Å². The molecular weight excluding hydrogens is 118 g/mol. The Bertz CT molecular complexity index is 123. The number of nitrogens with two attached hydrogens (primary N) is 1. The van der Waals surface area contributed by atoms with Gasteiger partial charge in [-0.2, -0.15) is 0 Å². The fourth-order valence-corrected chi connectivity index (χ4v) is 0.829. The van der Waals surface area contributed by atoms with E-state index in [1.165, 1.54) is 0 Å². The maximum atomic E-state index is 8.48. The molecular formula is C5H11N3O. The summed E-state index contributed by atoms with van der Waals surface area (Å²) in [6, 6.07) is 0. The van der Waals surface area contributed by atoms with Gasteiger partial charge in [0.15, 0.2) is 0 Å². The summed E-state index contributed by atoms with van der Waals surface area (Å²) in [5, 5.41) is 10.1. The number of hydrazine groups is 1. The highest BCUT2D eigenvalue weighted by molar-refractivity contribution is 5.83. The number of hydrogen-bond acceptors (Lipinski definition) is 4. The molecule has 1 aliphatic heterocycles. The van der Waals surface area contributed by atoms with E-state index in [0.717, 1.165) is 18.9 Å². The van der Waals surface area contributed by atoms with E-state index in [9.17, 15) is 0 Å². The monoisotopic (exact) mass is 129 g/mol. The smallest absolute Gasteiger partial charge is 0.115 e. The molecule has 0 fully saturated rings. The molecule has 0 bridgehead atoms. The Morgan fingerprint density at radius 1 is 1.78 bits per heavy atom. The summed E-state index contributed by atoms with van der Waals surface area (Å²) in [6.45, 7) is 1.69. The predicted molar refractivity (Wildman–Crippen MR) is 34.9 cm³/mol. The van der Waals surface area contributed by atoms with Gasteiger partial charge in [0.05, 0.1) is 19.7 Å². The number of aliphatic hydroxyl groups excluding tert-OH is 1. The molecule has 4 nitrogen and oxygen atoms in total. The van der Waals surface area contributed by atoms with E-state index in [1.54, 1.807) is 5.01 Å². The lowest BCUT2D eigenvalue weighted by atomic mass is 10.4. The molecule has 0 unspecified atom stereocenters. The summed E-state index contributed by atoms with van der Waals surface area (Å²) in [5.41, 5.74) is 0. The Hall–Kier alpha value is -0.610. The van der Waals surface area contributed by atoms with E-state index in [1.807, 2.05) is 0 Å². The summed E-state index contributed by atoms with van der Waals surface area (Å²) >= 11 is 0. The van der Waals surface area contributed by atoms with Crippen LogP contribution in [0.2, 0.25) is 0 Å². The Balaban J connectivity index is 2.38. The maximum Gasteiger partial charge on any atom is 0.115 e. The van der Waals surface area contributed by atoms with Crippen molar-refractivity contribution < 1.29 is 5.11 Å². The first-order valence-electron chi connectivity index (χ1n) is 3.01. The molecule has 0 saturated heterocycles. The third-order valence-electron chi connectivity index (χ3n) is 1.30. The molecule has 0 aromatic heterocycles. The molecule has 0 aromatic rings. The van der Waals surface area contributed by atoms with Crippen molar-refractivity contribution in [2.45, 2.75) is 6.42 Å². The molecule has 1 heterocycles. The van der Waals surface area contributed by atoms with Crippen molar-refractivity contribution in [3.05, 3.63) is 0 Å². The van der Waals surface area contributed by atoms with Crippen molar-refractivity contribution in [3.8, 4) is 0 Å². The molecule has 0 radical (unpaired) electrons. The molecule has 0 aromatic carbocycles. The van der Waals surface area contributed by atoms with Crippen LogP contribution < -0.4 is 5.84 Å². The lowest BCUT2D eigenvalue weighted by Gasteiger charge is -2.10. The van der Waals surface area contributed by atoms with E-state index >= 15 is 0 Å². The lowest BCUT2D eigenvalue weighted by molar-refractivity contribution is 0.301. The quantitative estimate of drug-likeness (QED) is 0.468. The van der Waals surface area contributed by atoms with Crippen molar-refractivity contribution >= 4 is 5.84 Å². The van der Waals surface area contributed by atoms with Gasteiger partial charge in [0.2, 0.25) is 0 Å². The molecule has 3 N–H and O–H groups in total. The topological polar surface area (TPSA) is 61.8 Å². The largest absolute Gasteiger partial charge is 0.396 e. The maximum absolute atomic E-state index is 8.48. The average Bonchev–Trinajstić information content (AvgIpc) is 2.18. The Labute approximate surface area is 54.0 Å². The van der Waals surface area contributed by atoms with Gasteiger partial charge in [-0.1, -0.05) is 0 Å². The van der Waals surface area contributed by atoms with Crippen LogP contribution in [0.3, 0.4) is 0 Å². The minimum atomic E-state index is 0.131. The van der Waals surface area contributed by atoms with Crippen molar-refractivity contribution in [2.24, 2.45) is 10.8 Å². The van der Waals surface area contributed by atoms with Gasteiger partial charge in [-0.3, -0.25) is 10.0 Å². The van der Waals surface area contributed by atoms with Crippen molar-refractivity contribution in [1.82, 2.24) is 5.01 Å². The number of nitrogens with zero attached hydrogens (tertiary/aromatic N) is 2. The Morgan fingerprint density at radius 2 is 2.56 bits per heavy atom. The fourth-order valence-electron chi connectivity index (χ4n) is 0.829. The highest BCUT2D eigenvalue weighted by Crippen LogP contribution is 1.97. The molecule has 9 heavy (non-hydrogen) atoms. The van der Waals surface area contributed by atoms with Crippen LogP contribution in [0.15, 0.2) is 4.99 Å². The summed E-state index contributed by atoms with van der Waals surface area (Å²) < 4.78 is 0. The summed E-state index contributed by atoms with van der Waals surface area (Å²) in [7, 11) is 0. The zero-order valence-corrected chi connectivity index (χ0v) is 5.25. The number of aliphatic imine (C=N–C) groups is 1. The van der Waals surface area contributed by atoms with E-state index in [2.05, 4.69) is 4.99 Å². The van der Waals surface area contributed by atoms with Gasteiger partial charge in [0.1, 0.15) is 5.84 Å². The number of hydrogen-bond donors (Lipinski definition) is 2. The highest BCUT2D eigenvalue weighted by atomic mass is 16.3. The second-order valence-electron chi connectivity index (χ2n) is 1.96. The second-order valence-corrected chi connectivity index (χ2v) is 1.96. The van der Waals surface area contributed by atoms with Crippen molar-refractivity contribution in [3.63, 3.8) is 0 Å². The van der Waals surface area contributed by atoms with Crippen molar-refractivity contribution in [1.29, 1.82) is 0 Å². The second kappa shape index (κ2) is 2.80. The first-order valence-corrected chi connectivity index (χ1v) is 3.01. The van der Waals surface area contributed by atoms with Gasteiger partial charge in [0, 0.05) is 6.42 Å². The van der Waals surface area contributed by atoms with Crippen LogP contribution in [0.5, 0.6) is 0 Å². The van der Waals surface area contributed by atoms with Crippen LogP contribution in [0.25, 0.3) is 0 Å². The van der Waals surface area contributed by atoms with Crippen LogP contribution >= 0.6 is 0 Å². The minimum absolute atomic E-state index is 0.131. The molecule has 0 spiro atoms. The van der Waals surface area contributed by atoms with E-state index in [-0.39, 0.29) is 6.61 Å². The predicted octanol–water partition coefficient (Wildman–Crippen LogP) is -1.04. The van der Waals surface area contributed by atoms with Gasteiger partial charge in [-0.25, -0.2) is 5.84 Å². The normalized spacial score (nSPS) is 18.4. The van der Waals surface area contributed by atoms with E-state index in [4.69, 9.17) is 10.9 Å². The molecule has 0 amide bonds. The van der Waals surface area contributed by atoms with Crippen LogP contribution in [-0.4, -0.2) is 35.6 Å². The van der Waals surface area contributed by atoms with Gasteiger partial charge < -0.3 is 5.11 Å². The first kappa shape index (κ1) is 6.51. The number of aliphatic hydroxyl groups is 1. The zero-order valence-electron chi connectivity index (χ0n) is 5.25. The zero-order chi connectivity index (χ0) is 6.69. The van der Waals surface area contributed by atoms with Gasteiger partial charge in [0.25, 0.3) is 0 Å². The molecule has 0 aliphatic carbocycles. The minimum Gasteiger partial charge on any atom is -0.396 e. The van der Waals surface area contributed by atoms with E-state index < -0.39 is 0 Å². The van der Waals surface area contributed by atoms with Crippen LogP contribution in [0, 0.1) is 0 Å². The third kappa shape index (κ3) is 1.40. The van der Waals surface area contributed by atoms with Gasteiger partial charge in [-0.05, 0) is 0 Å². The highest BCUT2D eigenvalue weighted by Gasteiger charge is 2.10. The lowest BCUT2D eigenvalue weighted by Crippen LogP contribution is -2.34.